The minimum Gasteiger partial charge on any atom is -0.360 e. The third kappa shape index (κ3) is 3.57. The van der Waals surface area contributed by atoms with Crippen LogP contribution in [0.15, 0.2) is 41.2 Å². The molecule has 2 N–H and O–H groups in total. The number of aromatic nitrogens is 3. The molecule has 0 saturated carbocycles. The average Bonchev–Trinajstić information content (AvgIpc) is 2.95. The van der Waals surface area contributed by atoms with E-state index in [0.717, 1.165) is 11.3 Å². The second-order valence-electron chi connectivity index (χ2n) is 5.51. The quantitative estimate of drug-likeness (QED) is 0.764. The largest absolute Gasteiger partial charge is 0.360 e. The molecule has 1 aromatic carbocycles. The fourth-order valence-electron chi connectivity index (χ4n) is 2.25. The fraction of sp³-hybridized carbons (Fsp3) is 0.176. The lowest BCUT2D eigenvalue weighted by molar-refractivity contribution is 0.102. The van der Waals surface area contributed by atoms with Gasteiger partial charge in [-0.05, 0) is 32.4 Å². The summed E-state index contributed by atoms with van der Waals surface area (Å²) in [5.74, 6) is 1.12. The van der Waals surface area contributed by atoms with E-state index in [2.05, 4.69) is 31.8 Å². The van der Waals surface area contributed by atoms with Gasteiger partial charge in [-0.2, -0.15) is 0 Å². The van der Waals surface area contributed by atoms with Crippen LogP contribution < -0.4 is 10.6 Å². The van der Waals surface area contributed by atoms with Gasteiger partial charge in [0, 0.05) is 17.8 Å². The van der Waals surface area contributed by atoms with Crippen LogP contribution in [0.5, 0.6) is 0 Å². The number of aryl methyl sites for hydroxylation is 3. The Kier molecular flexibility index (Phi) is 4.24. The lowest BCUT2D eigenvalue weighted by atomic mass is 10.1. The summed E-state index contributed by atoms with van der Waals surface area (Å²) in [5.41, 5.74) is 3.44. The number of anilines is 3. The number of nitrogens with one attached hydrogen (secondary N) is 2. The Hall–Kier alpha value is -3.22. The third-order valence-corrected chi connectivity index (χ3v) is 3.41. The molecule has 1 amide bonds. The Balaban J connectivity index is 1.77. The maximum atomic E-state index is 12.2. The molecule has 7 nitrogen and oxygen atoms in total. The first-order valence-corrected chi connectivity index (χ1v) is 7.42. The van der Waals surface area contributed by atoms with Gasteiger partial charge in [-0.25, -0.2) is 9.97 Å². The van der Waals surface area contributed by atoms with Gasteiger partial charge in [0.05, 0.1) is 0 Å². The molecule has 122 valence electrons. The molecule has 0 radical (unpaired) electrons. The van der Waals surface area contributed by atoms with Gasteiger partial charge in [0.2, 0.25) is 0 Å². The van der Waals surface area contributed by atoms with E-state index in [1.807, 2.05) is 26.0 Å². The fourth-order valence-corrected chi connectivity index (χ4v) is 2.25. The van der Waals surface area contributed by atoms with Crippen LogP contribution in [0.3, 0.4) is 0 Å². The molecule has 3 rings (SSSR count). The van der Waals surface area contributed by atoms with Crippen LogP contribution in [0.4, 0.5) is 17.3 Å². The summed E-state index contributed by atoms with van der Waals surface area (Å²) < 4.78 is 4.92. The smallest absolute Gasteiger partial charge is 0.275 e. The Morgan fingerprint density at radius 2 is 1.88 bits per heavy atom. The highest BCUT2D eigenvalue weighted by atomic mass is 16.5. The van der Waals surface area contributed by atoms with Crippen LogP contribution in [0.25, 0.3) is 0 Å². The van der Waals surface area contributed by atoms with Crippen LogP contribution >= 0.6 is 0 Å². The van der Waals surface area contributed by atoms with Gasteiger partial charge < -0.3 is 15.2 Å². The number of rotatable bonds is 4. The van der Waals surface area contributed by atoms with Crippen molar-refractivity contribution in [3.63, 3.8) is 0 Å². The van der Waals surface area contributed by atoms with E-state index in [1.54, 1.807) is 19.1 Å². The monoisotopic (exact) mass is 323 g/mol. The van der Waals surface area contributed by atoms with Crippen molar-refractivity contribution in [2.24, 2.45) is 0 Å². The molecule has 0 atom stereocenters. The van der Waals surface area contributed by atoms with Crippen LogP contribution in [-0.4, -0.2) is 21.0 Å². The normalized spacial score (nSPS) is 10.5. The van der Waals surface area contributed by atoms with E-state index in [1.165, 1.54) is 11.9 Å². The minimum absolute atomic E-state index is 0.234. The number of nitrogens with zero attached hydrogens (tertiary/aromatic N) is 3. The molecule has 0 unspecified atom stereocenters. The number of benzene rings is 1. The number of carbonyl (C=O) groups excluding carboxylic acids is 1. The zero-order chi connectivity index (χ0) is 17.1. The average molecular weight is 323 g/mol. The molecular weight excluding hydrogens is 306 g/mol. The molecule has 2 heterocycles. The minimum atomic E-state index is -0.380. The molecule has 0 bridgehead atoms. The summed E-state index contributed by atoms with van der Waals surface area (Å²) in [6, 6.07) is 9.28. The second-order valence-corrected chi connectivity index (χ2v) is 5.51. The second kappa shape index (κ2) is 6.49. The van der Waals surface area contributed by atoms with E-state index in [0.29, 0.717) is 17.4 Å². The SMILES string of the molecule is Cc1ccc(Nc2cc(C(=O)Nc3cc(C)on3)ncn2)c(C)c1. The van der Waals surface area contributed by atoms with Crippen LogP contribution in [0.2, 0.25) is 0 Å². The topological polar surface area (TPSA) is 92.9 Å². The van der Waals surface area contributed by atoms with E-state index in [-0.39, 0.29) is 11.6 Å². The predicted octanol–water partition coefficient (Wildman–Crippen LogP) is 3.39. The highest BCUT2D eigenvalue weighted by molar-refractivity contribution is 6.02. The molecule has 0 saturated heterocycles. The van der Waals surface area contributed by atoms with Gasteiger partial charge in [-0.3, -0.25) is 4.79 Å². The van der Waals surface area contributed by atoms with Crippen LogP contribution in [0.1, 0.15) is 27.4 Å². The van der Waals surface area contributed by atoms with Gasteiger partial charge in [0.25, 0.3) is 5.91 Å². The van der Waals surface area contributed by atoms with Crippen LogP contribution in [0, 0.1) is 20.8 Å². The Morgan fingerprint density at radius 1 is 1.04 bits per heavy atom. The first-order chi connectivity index (χ1) is 11.5. The van der Waals surface area contributed by atoms with Crippen molar-refractivity contribution in [2.75, 3.05) is 10.6 Å². The summed E-state index contributed by atoms with van der Waals surface area (Å²) in [7, 11) is 0. The Morgan fingerprint density at radius 3 is 2.58 bits per heavy atom. The zero-order valence-corrected chi connectivity index (χ0v) is 13.6. The van der Waals surface area contributed by atoms with E-state index in [4.69, 9.17) is 4.52 Å². The lowest BCUT2D eigenvalue weighted by Gasteiger charge is -2.10. The van der Waals surface area contributed by atoms with Crippen molar-refractivity contribution in [3.8, 4) is 0 Å². The van der Waals surface area contributed by atoms with Crippen molar-refractivity contribution in [2.45, 2.75) is 20.8 Å². The number of hydrogen-bond acceptors (Lipinski definition) is 6. The number of amides is 1. The Bertz CT molecular complexity index is 888. The molecule has 0 fully saturated rings. The van der Waals surface area contributed by atoms with Gasteiger partial charge >= 0.3 is 0 Å². The van der Waals surface area contributed by atoms with Gasteiger partial charge in [-0.15, -0.1) is 0 Å². The van der Waals surface area contributed by atoms with Crippen molar-refractivity contribution in [3.05, 3.63) is 59.2 Å². The first-order valence-electron chi connectivity index (χ1n) is 7.42. The highest BCUT2D eigenvalue weighted by Gasteiger charge is 2.12. The standard InChI is InChI=1S/C17H17N5O2/c1-10-4-5-13(11(2)6-10)20-15-8-14(18-9-19-15)17(23)21-16-7-12(3)24-22-16/h4-9H,1-3H3,(H,18,19,20)(H,21,22,23). The molecule has 2 aromatic heterocycles. The third-order valence-electron chi connectivity index (χ3n) is 3.41. The summed E-state index contributed by atoms with van der Waals surface area (Å²) in [5, 5.41) is 9.55. The van der Waals surface area contributed by atoms with Crippen molar-refractivity contribution >= 4 is 23.2 Å². The molecule has 0 aliphatic carbocycles. The zero-order valence-electron chi connectivity index (χ0n) is 13.6. The van der Waals surface area contributed by atoms with Crippen LogP contribution in [-0.2, 0) is 0 Å². The van der Waals surface area contributed by atoms with Gasteiger partial charge in [-0.1, -0.05) is 22.9 Å². The summed E-state index contributed by atoms with van der Waals surface area (Å²) in [6.45, 7) is 5.80. The Labute approximate surface area is 139 Å². The molecular formula is C17H17N5O2. The van der Waals surface area contributed by atoms with E-state index >= 15 is 0 Å². The highest BCUT2D eigenvalue weighted by Crippen LogP contribution is 2.20. The van der Waals surface area contributed by atoms with E-state index in [9.17, 15) is 4.79 Å². The molecule has 24 heavy (non-hydrogen) atoms. The number of carbonyl (C=O) groups is 1. The molecule has 0 aliphatic rings. The number of hydrogen-bond donors (Lipinski definition) is 2. The molecule has 0 spiro atoms. The molecule has 7 heteroatoms. The summed E-state index contributed by atoms with van der Waals surface area (Å²) in [6.07, 6.45) is 1.34. The van der Waals surface area contributed by atoms with E-state index < -0.39 is 0 Å². The predicted molar refractivity (Wildman–Crippen MR) is 90.4 cm³/mol. The summed E-state index contributed by atoms with van der Waals surface area (Å²) in [4.78, 5) is 20.4. The van der Waals surface area contributed by atoms with Crippen molar-refractivity contribution in [1.29, 1.82) is 0 Å². The van der Waals surface area contributed by atoms with Gasteiger partial charge in [0.15, 0.2) is 5.82 Å². The molecule has 0 aliphatic heterocycles. The molecule has 3 aromatic rings. The van der Waals surface area contributed by atoms with Gasteiger partial charge in [0.1, 0.15) is 23.6 Å². The van der Waals surface area contributed by atoms with Crippen molar-refractivity contribution < 1.29 is 9.32 Å². The first kappa shape index (κ1) is 15.7. The van der Waals surface area contributed by atoms with Crippen molar-refractivity contribution in [1.82, 2.24) is 15.1 Å². The maximum absolute atomic E-state index is 12.2. The lowest BCUT2D eigenvalue weighted by Crippen LogP contribution is -2.14. The maximum Gasteiger partial charge on any atom is 0.275 e. The summed E-state index contributed by atoms with van der Waals surface area (Å²) >= 11 is 0.